The highest BCUT2D eigenvalue weighted by molar-refractivity contribution is 6.74. The molecular weight excluding hydrogens is 496 g/mol. The first-order valence-electron chi connectivity index (χ1n) is 14.2. The lowest BCUT2D eigenvalue weighted by molar-refractivity contribution is -0.158. The molecule has 1 aromatic rings. The molecule has 0 aromatic heterocycles. The summed E-state index contributed by atoms with van der Waals surface area (Å²) in [6, 6.07) is 10.2. The number of hydrogen-bond donors (Lipinski definition) is 0. The first-order valence-corrected chi connectivity index (χ1v) is 17.1. The summed E-state index contributed by atoms with van der Waals surface area (Å²) in [5.41, 5.74) is 1.12. The van der Waals surface area contributed by atoms with Gasteiger partial charge in [-0.2, -0.15) is 0 Å². The van der Waals surface area contributed by atoms with Gasteiger partial charge in [-0.05, 0) is 36.5 Å². The second kappa shape index (κ2) is 19.1. The van der Waals surface area contributed by atoms with Crippen LogP contribution in [0.2, 0.25) is 18.1 Å². The lowest BCUT2D eigenvalue weighted by atomic mass is 9.97. The van der Waals surface area contributed by atoms with E-state index in [1.165, 1.54) is 12.8 Å². The third-order valence-electron chi connectivity index (χ3n) is 7.36. The van der Waals surface area contributed by atoms with Crippen molar-refractivity contribution in [3.05, 3.63) is 48.6 Å². The van der Waals surface area contributed by atoms with E-state index >= 15 is 0 Å². The monoisotopic (exact) mass is 552 g/mol. The van der Waals surface area contributed by atoms with Crippen molar-refractivity contribution in [2.24, 2.45) is 0 Å². The zero-order valence-corrected chi connectivity index (χ0v) is 26.5. The summed E-state index contributed by atoms with van der Waals surface area (Å²) < 4.78 is 36.5. The molecule has 0 aliphatic heterocycles. The lowest BCUT2D eigenvalue weighted by Crippen LogP contribution is -2.46. The Morgan fingerprint density at radius 3 is 2.05 bits per heavy atom. The van der Waals surface area contributed by atoms with Gasteiger partial charge in [0.1, 0.15) is 13.6 Å². The summed E-state index contributed by atoms with van der Waals surface area (Å²) in [5, 5.41) is 0.130. The first kappa shape index (κ1) is 35.0. The summed E-state index contributed by atoms with van der Waals surface area (Å²) in [6.45, 7) is 18.6. The molecule has 0 spiro atoms. The molecule has 0 aliphatic carbocycles. The predicted molar refractivity (Wildman–Crippen MR) is 159 cm³/mol. The van der Waals surface area contributed by atoms with Crippen molar-refractivity contribution in [3.8, 4) is 0 Å². The van der Waals surface area contributed by atoms with Crippen LogP contribution in [0.5, 0.6) is 0 Å². The van der Waals surface area contributed by atoms with Crippen molar-refractivity contribution < 1.29 is 28.1 Å². The van der Waals surface area contributed by atoms with Crippen LogP contribution in [0.25, 0.3) is 0 Å². The molecule has 0 N–H and O–H groups in total. The van der Waals surface area contributed by atoms with E-state index in [1.807, 2.05) is 24.3 Å². The Labute approximate surface area is 234 Å². The standard InChI is InChI=1S/C31H56O6Si/c1-10-12-14-20-28(37-38(8,9)31(3,4)5)22-30(36-25-33-7)29(21-27(17-11-2)35-24-32-6)34-23-26-18-15-13-16-19-26/h11,13,15-16,18-19,27-30H,2,10,12,14,17,20-25H2,1,3-9H3/t27-,28+,29-,30-/m0/s1. The Morgan fingerprint density at radius 2 is 1.47 bits per heavy atom. The number of benzene rings is 1. The molecule has 4 atom stereocenters. The highest BCUT2D eigenvalue weighted by Gasteiger charge is 2.40. The summed E-state index contributed by atoms with van der Waals surface area (Å²) >= 11 is 0. The van der Waals surface area contributed by atoms with Crippen LogP contribution in [-0.2, 0) is 34.7 Å². The zero-order chi connectivity index (χ0) is 28.4. The van der Waals surface area contributed by atoms with Gasteiger partial charge in [-0.25, -0.2) is 0 Å². The second-order valence-electron chi connectivity index (χ2n) is 11.6. The number of methoxy groups -OCH3 is 2. The third-order valence-corrected chi connectivity index (χ3v) is 11.9. The van der Waals surface area contributed by atoms with E-state index in [0.717, 1.165) is 24.8 Å². The minimum atomic E-state index is -1.98. The van der Waals surface area contributed by atoms with Crippen LogP contribution in [0.3, 0.4) is 0 Å². The molecule has 0 amide bonds. The maximum atomic E-state index is 6.98. The van der Waals surface area contributed by atoms with Crippen molar-refractivity contribution in [2.45, 2.75) is 122 Å². The minimum absolute atomic E-state index is 0.0878. The average molecular weight is 553 g/mol. The molecule has 0 bridgehead atoms. The fourth-order valence-electron chi connectivity index (χ4n) is 4.13. The molecule has 0 radical (unpaired) electrons. The van der Waals surface area contributed by atoms with Gasteiger partial charge in [0, 0.05) is 33.2 Å². The summed E-state index contributed by atoms with van der Waals surface area (Å²) in [7, 11) is 1.32. The highest BCUT2D eigenvalue weighted by atomic mass is 28.4. The Bertz CT molecular complexity index is 721. The van der Waals surface area contributed by atoms with Crippen molar-refractivity contribution in [1.82, 2.24) is 0 Å². The molecule has 0 saturated heterocycles. The first-order chi connectivity index (χ1) is 18.1. The zero-order valence-electron chi connectivity index (χ0n) is 25.5. The van der Waals surface area contributed by atoms with E-state index in [-0.39, 0.29) is 43.0 Å². The van der Waals surface area contributed by atoms with Crippen molar-refractivity contribution >= 4 is 8.32 Å². The SMILES string of the molecule is C=CC[C@@H](C[C@H](OCc1ccccc1)[C@H](C[C@@H](CCCCC)O[Si](C)(C)C(C)(C)C)OCOC)OCOC. The Morgan fingerprint density at radius 1 is 0.868 bits per heavy atom. The number of hydrogen-bond acceptors (Lipinski definition) is 6. The molecule has 0 saturated carbocycles. The van der Waals surface area contributed by atoms with Crippen LogP contribution in [0.4, 0.5) is 0 Å². The van der Waals surface area contributed by atoms with Gasteiger partial charge in [0.05, 0.1) is 24.9 Å². The molecule has 38 heavy (non-hydrogen) atoms. The smallest absolute Gasteiger partial charge is 0.192 e. The third kappa shape index (κ3) is 13.8. The molecule has 220 valence electrons. The maximum Gasteiger partial charge on any atom is 0.192 e. The van der Waals surface area contributed by atoms with Crippen molar-refractivity contribution in [3.63, 3.8) is 0 Å². The van der Waals surface area contributed by atoms with E-state index < -0.39 is 8.32 Å². The highest BCUT2D eigenvalue weighted by Crippen LogP contribution is 2.39. The quantitative estimate of drug-likeness (QED) is 0.0631. The van der Waals surface area contributed by atoms with Crippen LogP contribution >= 0.6 is 0 Å². The van der Waals surface area contributed by atoms with Crippen LogP contribution in [-0.4, -0.2) is 60.5 Å². The van der Waals surface area contributed by atoms with Gasteiger partial charge in [0.15, 0.2) is 8.32 Å². The number of ether oxygens (including phenoxy) is 5. The van der Waals surface area contributed by atoms with Crippen LogP contribution in [0.15, 0.2) is 43.0 Å². The topological polar surface area (TPSA) is 55.4 Å². The minimum Gasteiger partial charge on any atom is -0.414 e. The average Bonchev–Trinajstić information content (AvgIpc) is 2.87. The van der Waals surface area contributed by atoms with Gasteiger partial charge >= 0.3 is 0 Å². The second-order valence-corrected chi connectivity index (χ2v) is 16.4. The molecule has 0 aliphatic rings. The van der Waals surface area contributed by atoms with Gasteiger partial charge in [-0.3, -0.25) is 0 Å². The van der Waals surface area contributed by atoms with E-state index in [0.29, 0.717) is 19.4 Å². The van der Waals surface area contributed by atoms with Crippen LogP contribution < -0.4 is 0 Å². The molecular formula is C31H56O6Si. The Hall–Kier alpha value is -1.06. The maximum absolute atomic E-state index is 6.98. The van der Waals surface area contributed by atoms with Gasteiger partial charge in [0.2, 0.25) is 0 Å². The van der Waals surface area contributed by atoms with E-state index in [2.05, 4.69) is 59.5 Å². The van der Waals surface area contributed by atoms with Crippen molar-refractivity contribution in [1.29, 1.82) is 0 Å². The van der Waals surface area contributed by atoms with E-state index in [9.17, 15) is 0 Å². The predicted octanol–water partition coefficient (Wildman–Crippen LogP) is 7.88. The largest absolute Gasteiger partial charge is 0.414 e. The van der Waals surface area contributed by atoms with Crippen LogP contribution in [0, 0.1) is 0 Å². The Balaban J connectivity index is 3.24. The molecule has 1 rings (SSSR count). The summed E-state index contributed by atoms with van der Waals surface area (Å²) in [4.78, 5) is 0. The number of rotatable bonds is 22. The van der Waals surface area contributed by atoms with Gasteiger partial charge in [-0.15, -0.1) is 6.58 Å². The Kier molecular flexibility index (Phi) is 17.6. The summed E-state index contributed by atoms with van der Waals surface area (Å²) in [6.07, 6.45) is 8.06. The van der Waals surface area contributed by atoms with Gasteiger partial charge in [0.25, 0.3) is 0 Å². The lowest BCUT2D eigenvalue weighted by Gasteiger charge is -2.41. The number of unbranched alkanes of at least 4 members (excludes halogenated alkanes) is 2. The molecule has 7 heteroatoms. The fourth-order valence-corrected chi connectivity index (χ4v) is 5.53. The molecule has 0 fully saturated rings. The summed E-state index contributed by atoms with van der Waals surface area (Å²) in [5.74, 6) is 0. The van der Waals surface area contributed by atoms with Crippen LogP contribution in [0.1, 0.15) is 78.2 Å². The normalized spacial score (nSPS) is 15.7. The van der Waals surface area contributed by atoms with Crippen molar-refractivity contribution in [2.75, 3.05) is 27.8 Å². The molecule has 0 unspecified atom stereocenters. The molecule has 0 heterocycles. The molecule has 1 aromatic carbocycles. The fraction of sp³-hybridized carbons (Fsp3) is 0.742. The van der Waals surface area contributed by atoms with E-state index in [1.54, 1.807) is 14.2 Å². The molecule has 6 nitrogen and oxygen atoms in total. The van der Waals surface area contributed by atoms with Gasteiger partial charge < -0.3 is 28.1 Å². The van der Waals surface area contributed by atoms with E-state index in [4.69, 9.17) is 28.1 Å². The van der Waals surface area contributed by atoms with Gasteiger partial charge in [-0.1, -0.05) is 83.4 Å².